The lowest BCUT2D eigenvalue weighted by Crippen LogP contribution is -2.34. The van der Waals surface area contributed by atoms with Crippen LogP contribution in [0.1, 0.15) is 67.8 Å². The van der Waals surface area contributed by atoms with Crippen molar-refractivity contribution in [1.29, 1.82) is 0 Å². The summed E-state index contributed by atoms with van der Waals surface area (Å²) < 4.78 is 80.9. The van der Waals surface area contributed by atoms with E-state index in [0.29, 0.717) is 12.8 Å². The molecule has 1 aromatic carbocycles. The maximum absolute atomic E-state index is 13.4. The molecule has 1 fully saturated rings. The molecule has 0 spiro atoms. The minimum absolute atomic E-state index is 0.196. The largest absolute Gasteiger partial charge is 0.487 e. The van der Waals surface area contributed by atoms with E-state index in [9.17, 15) is 26.4 Å². The highest BCUT2D eigenvalue weighted by Crippen LogP contribution is 2.40. The summed E-state index contributed by atoms with van der Waals surface area (Å²) in [5.74, 6) is -2.26. The average Bonchev–Trinajstić information content (AvgIpc) is 2.56. The molecule has 1 saturated carbocycles. The zero-order valence-electron chi connectivity index (χ0n) is 16.1. The smallest absolute Gasteiger partial charge is 0.419 e. The second-order valence-electron chi connectivity index (χ2n) is 7.45. The van der Waals surface area contributed by atoms with Gasteiger partial charge in [0.25, 0.3) is 10.1 Å². The van der Waals surface area contributed by atoms with Crippen LogP contribution in [-0.2, 0) is 21.0 Å². The number of ether oxygens (including phenoxy) is 2. The maximum atomic E-state index is 13.4. The summed E-state index contributed by atoms with van der Waals surface area (Å²) in [5, 5.41) is 0. The molecule has 10 heteroatoms. The Hall–Kier alpha value is -1.81. The Balaban J connectivity index is 2.25. The van der Waals surface area contributed by atoms with Crippen LogP contribution < -0.4 is 4.74 Å². The summed E-state index contributed by atoms with van der Waals surface area (Å²) in [6.45, 7) is 1.15. The quantitative estimate of drug-likeness (QED) is 0.514. The lowest BCUT2D eigenvalue weighted by molar-refractivity contribution is -0.140. The number of esters is 1. The molecule has 0 radical (unpaired) electrons. The third-order valence-corrected chi connectivity index (χ3v) is 5.55. The molecule has 0 saturated heterocycles. The molecule has 1 aromatic rings. The molecule has 29 heavy (non-hydrogen) atoms. The Morgan fingerprint density at radius 1 is 1.14 bits per heavy atom. The molecule has 0 bridgehead atoms. The van der Waals surface area contributed by atoms with Crippen molar-refractivity contribution >= 4 is 16.1 Å². The highest BCUT2D eigenvalue weighted by Gasteiger charge is 2.37. The summed E-state index contributed by atoms with van der Waals surface area (Å²) in [6, 6.07) is 2.68. The van der Waals surface area contributed by atoms with Gasteiger partial charge in [-0.25, -0.2) is 4.79 Å². The normalized spacial score (nSPS) is 17.8. The summed E-state index contributed by atoms with van der Waals surface area (Å²) in [7, 11) is -4.32. The fraction of sp³-hybridized carbons (Fsp3) is 0.632. The van der Waals surface area contributed by atoms with E-state index < -0.39 is 51.5 Å². The van der Waals surface area contributed by atoms with Crippen molar-refractivity contribution in [2.24, 2.45) is 0 Å². The van der Waals surface area contributed by atoms with E-state index in [1.807, 2.05) is 0 Å². The summed E-state index contributed by atoms with van der Waals surface area (Å²) in [4.78, 5) is 12.1. The van der Waals surface area contributed by atoms with Gasteiger partial charge in [-0.15, -0.1) is 0 Å². The molecule has 0 atom stereocenters. The Morgan fingerprint density at radius 2 is 1.72 bits per heavy atom. The standard InChI is InChI=1S/C19H25F3O6S/c1-18(9-5-3-2-4-6-10-18)28-16-13-14(7-8-15(16)19(20,21)22)17(23)27-11-12-29(24,25)26/h7-8,13H,2-6,9-12H2,1H3,(H,24,25,26). The van der Waals surface area contributed by atoms with E-state index in [4.69, 9.17) is 14.0 Å². The van der Waals surface area contributed by atoms with Crippen molar-refractivity contribution in [3.63, 3.8) is 0 Å². The zero-order chi connectivity index (χ0) is 21.7. The van der Waals surface area contributed by atoms with Crippen molar-refractivity contribution < 1.29 is 40.4 Å². The van der Waals surface area contributed by atoms with Crippen LogP contribution in [0.15, 0.2) is 18.2 Å². The van der Waals surface area contributed by atoms with Crippen LogP contribution in [0.25, 0.3) is 0 Å². The van der Waals surface area contributed by atoms with Gasteiger partial charge >= 0.3 is 12.1 Å². The van der Waals surface area contributed by atoms with Gasteiger partial charge in [0.1, 0.15) is 23.7 Å². The third kappa shape index (κ3) is 7.50. The molecule has 0 amide bonds. The number of hydrogen-bond acceptors (Lipinski definition) is 5. The fourth-order valence-corrected chi connectivity index (χ4v) is 3.61. The second kappa shape index (κ2) is 9.34. The number of benzene rings is 1. The minimum atomic E-state index is -4.67. The predicted molar refractivity (Wildman–Crippen MR) is 99.5 cm³/mol. The van der Waals surface area contributed by atoms with Crippen LogP contribution in [0.5, 0.6) is 5.75 Å². The average molecular weight is 438 g/mol. The molecule has 0 aromatic heterocycles. The predicted octanol–water partition coefficient (Wildman–Crippen LogP) is 4.63. The molecule has 0 heterocycles. The van der Waals surface area contributed by atoms with Gasteiger partial charge in [0, 0.05) is 0 Å². The molecule has 1 N–H and O–H groups in total. The van der Waals surface area contributed by atoms with Gasteiger partial charge < -0.3 is 9.47 Å². The van der Waals surface area contributed by atoms with Gasteiger partial charge in [0.15, 0.2) is 0 Å². The maximum Gasteiger partial charge on any atom is 0.419 e. The van der Waals surface area contributed by atoms with Crippen LogP contribution in [0.2, 0.25) is 0 Å². The van der Waals surface area contributed by atoms with Crippen molar-refractivity contribution in [3.8, 4) is 5.75 Å². The number of carbonyl (C=O) groups excluding carboxylic acids is 1. The monoisotopic (exact) mass is 438 g/mol. The van der Waals surface area contributed by atoms with Gasteiger partial charge in [0.05, 0.1) is 11.1 Å². The molecule has 0 unspecified atom stereocenters. The van der Waals surface area contributed by atoms with Crippen LogP contribution in [0, 0.1) is 0 Å². The lowest BCUT2D eigenvalue weighted by atomic mass is 9.88. The van der Waals surface area contributed by atoms with Crippen molar-refractivity contribution in [1.82, 2.24) is 0 Å². The first-order valence-corrected chi connectivity index (χ1v) is 11.0. The van der Waals surface area contributed by atoms with Crippen LogP contribution in [-0.4, -0.2) is 36.9 Å². The molecular weight excluding hydrogens is 413 g/mol. The molecule has 164 valence electrons. The van der Waals surface area contributed by atoms with E-state index >= 15 is 0 Å². The van der Waals surface area contributed by atoms with E-state index in [2.05, 4.69) is 0 Å². The van der Waals surface area contributed by atoms with Crippen molar-refractivity contribution in [2.75, 3.05) is 12.4 Å². The van der Waals surface area contributed by atoms with Gasteiger partial charge in [-0.1, -0.05) is 19.3 Å². The molecule has 1 aliphatic carbocycles. The van der Waals surface area contributed by atoms with E-state index in [1.54, 1.807) is 6.92 Å². The third-order valence-electron chi connectivity index (χ3n) is 4.86. The first-order chi connectivity index (χ1) is 13.4. The Morgan fingerprint density at radius 3 is 2.28 bits per heavy atom. The molecule has 2 rings (SSSR count). The van der Waals surface area contributed by atoms with E-state index in [-0.39, 0.29) is 5.56 Å². The Kier molecular flexibility index (Phi) is 7.56. The fourth-order valence-electron chi connectivity index (χ4n) is 3.31. The van der Waals surface area contributed by atoms with E-state index in [1.165, 1.54) is 0 Å². The molecule has 6 nitrogen and oxygen atoms in total. The summed E-state index contributed by atoms with van der Waals surface area (Å²) >= 11 is 0. The van der Waals surface area contributed by atoms with Gasteiger partial charge in [0.2, 0.25) is 0 Å². The zero-order valence-corrected chi connectivity index (χ0v) is 16.9. The van der Waals surface area contributed by atoms with Crippen LogP contribution in [0.3, 0.4) is 0 Å². The first kappa shape index (κ1) is 23.5. The van der Waals surface area contributed by atoms with Crippen molar-refractivity contribution in [2.45, 2.75) is 63.6 Å². The van der Waals surface area contributed by atoms with Crippen molar-refractivity contribution in [3.05, 3.63) is 29.3 Å². The summed E-state index contributed by atoms with van der Waals surface area (Å²) in [6.07, 6.45) is 1.30. The van der Waals surface area contributed by atoms with Gasteiger partial charge in [-0.3, -0.25) is 4.55 Å². The number of hydrogen-bond donors (Lipinski definition) is 1. The Labute approximate surface area is 168 Å². The first-order valence-electron chi connectivity index (χ1n) is 9.42. The number of alkyl halides is 3. The minimum Gasteiger partial charge on any atom is -0.487 e. The van der Waals surface area contributed by atoms with Crippen LogP contribution in [0.4, 0.5) is 13.2 Å². The van der Waals surface area contributed by atoms with E-state index in [0.717, 1.165) is 50.3 Å². The van der Waals surface area contributed by atoms with Crippen LogP contribution >= 0.6 is 0 Å². The molecule has 0 aliphatic heterocycles. The number of halogens is 3. The second-order valence-corrected chi connectivity index (χ2v) is 9.02. The highest BCUT2D eigenvalue weighted by molar-refractivity contribution is 7.85. The SMILES string of the molecule is CC1(Oc2cc(C(=O)OCCS(=O)(=O)O)ccc2C(F)(F)F)CCCCCCC1. The lowest BCUT2D eigenvalue weighted by Gasteiger charge is -2.33. The Bertz CT molecular complexity index is 812. The highest BCUT2D eigenvalue weighted by atomic mass is 32.2. The topological polar surface area (TPSA) is 89.9 Å². The van der Waals surface area contributed by atoms with Gasteiger partial charge in [-0.05, 0) is 50.8 Å². The molecular formula is C19H25F3O6S. The van der Waals surface area contributed by atoms with Gasteiger partial charge in [-0.2, -0.15) is 21.6 Å². The number of carbonyl (C=O) groups is 1. The summed E-state index contributed by atoms with van der Waals surface area (Å²) in [5.41, 5.74) is -1.97. The molecule has 1 aliphatic rings. The number of rotatable bonds is 6.